The van der Waals surface area contributed by atoms with E-state index in [1.54, 1.807) is 0 Å². The molecular formula is C24H34N4O3. The number of nitrogens with zero attached hydrogens (tertiary/aromatic N) is 3. The largest absolute Gasteiger partial charge is 0.351 e. The van der Waals surface area contributed by atoms with Gasteiger partial charge in [0.05, 0.1) is 0 Å². The molecule has 7 heteroatoms. The lowest BCUT2D eigenvalue weighted by Crippen LogP contribution is -2.51. The van der Waals surface area contributed by atoms with Crippen LogP contribution in [-0.4, -0.2) is 73.3 Å². The van der Waals surface area contributed by atoms with Gasteiger partial charge in [-0.1, -0.05) is 19.8 Å². The zero-order chi connectivity index (χ0) is 21.8. The molecule has 2 aliphatic heterocycles. The van der Waals surface area contributed by atoms with Crippen molar-refractivity contribution in [3.05, 3.63) is 29.3 Å². The van der Waals surface area contributed by atoms with Gasteiger partial charge in [0.15, 0.2) is 0 Å². The van der Waals surface area contributed by atoms with Crippen molar-refractivity contribution in [2.75, 3.05) is 50.7 Å². The molecule has 0 spiro atoms. The molecule has 31 heavy (non-hydrogen) atoms. The Kier molecular flexibility index (Phi) is 6.90. The van der Waals surface area contributed by atoms with E-state index in [9.17, 15) is 14.4 Å². The first-order valence-corrected chi connectivity index (χ1v) is 11.8. The van der Waals surface area contributed by atoms with Crippen LogP contribution in [0.2, 0.25) is 0 Å². The number of benzene rings is 1. The molecule has 2 heterocycles. The van der Waals surface area contributed by atoms with Crippen LogP contribution in [-0.2, 0) is 16.0 Å². The molecule has 3 aliphatic rings. The molecule has 0 bridgehead atoms. The number of rotatable bonds is 6. The summed E-state index contributed by atoms with van der Waals surface area (Å²) in [5.41, 5.74) is 2.66. The second-order valence-electron chi connectivity index (χ2n) is 8.90. The molecule has 1 N–H and O–H groups in total. The Labute approximate surface area is 184 Å². The standard InChI is InChI=1S/C24H34N4O3/c1-2-22(29)28-11-9-19-17-20(7-8-21(19)28)23(30)25-10-12-26-13-15-27(16-14-26)24(31)18-5-3-4-6-18/h7-8,17-18H,2-6,9-16H2,1H3,(H,25,30). The summed E-state index contributed by atoms with van der Waals surface area (Å²) in [5.74, 6) is 0.658. The van der Waals surface area contributed by atoms with Crippen LogP contribution in [0.4, 0.5) is 5.69 Å². The molecule has 3 amide bonds. The highest BCUT2D eigenvalue weighted by Crippen LogP contribution is 2.29. The maximum absolute atomic E-state index is 12.6. The van der Waals surface area contributed by atoms with Crippen LogP contribution in [0, 0.1) is 5.92 Å². The SMILES string of the molecule is CCC(=O)N1CCc2cc(C(=O)NCCN3CCN(C(=O)C4CCCC4)CC3)ccc21. The summed E-state index contributed by atoms with van der Waals surface area (Å²) >= 11 is 0. The van der Waals surface area contributed by atoms with Crippen molar-refractivity contribution in [2.45, 2.75) is 45.4 Å². The minimum atomic E-state index is -0.0712. The van der Waals surface area contributed by atoms with Crippen LogP contribution in [0.15, 0.2) is 18.2 Å². The van der Waals surface area contributed by atoms with Gasteiger partial charge in [0, 0.05) is 69.4 Å². The number of fused-ring (bicyclic) bond motifs is 1. The van der Waals surface area contributed by atoms with E-state index >= 15 is 0 Å². The average molecular weight is 427 g/mol. The predicted molar refractivity (Wildman–Crippen MR) is 120 cm³/mol. The van der Waals surface area contributed by atoms with Gasteiger partial charge >= 0.3 is 0 Å². The molecule has 1 aromatic rings. The number of amides is 3. The Bertz CT molecular complexity index is 826. The number of anilines is 1. The van der Waals surface area contributed by atoms with Crippen LogP contribution in [0.1, 0.15) is 54.9 Å². The molecule has 7 nitrogen and oxygen atoms in total. The summed E-state index contributed by atoms with van der Waals surface area (Å²) in [6, 6.07) is 5.62. The van der Waals surface area contributed by atoms with E-state index in [4.69, 9.17) is 0 Å². The first-order chi connectivity index (χ1) is 15.1. The van der Waals surface area contributed by atoms with Gasteiger partial charge in [-0.25, -0.2) is 0 Å². The monoisotopic (exact) mass is 426 g/mol. The Morgan fingerprint density at radius 2 is 1.77 bits per heavy atom. The zero-order valence-corrected chi connectivity index (χ0v) is 18.6. The third-order valence-electron chi connectivity index (χ3n) is 6.94. The van der Waals surface area contributed by atoms with Gasteiger partial charge in [-0.05, 0) is 43.0 Å². The van der Waals surface area contributed by atoms with Crippen molar-refractivity contribution in [1.29, 1.82) is 0 Å². The molecule has 2 fully saturated rings. The fourth-order valence-corrected chi connectivity index (χ4v) is 5.05. The van der Waals surface area contributed by atoms with Gasteiger partial charge in [-0.2, -0.15) is 0 Å². The first kappa shape index (κ1) is 21.8. The molecule has 0 aromatic heterocycles. The number of carbonyl (C=O) groups is 3. The molecule has 1 aliphatic carbocycles. The minimum absolute atomic E-state index is 0.0712. The lowest BCUT2D eigenvalue weighted by atomic mass is 10.1. The molecule has 0 unspecified atom stereocenters. The summed E-state index contributed by atoms with van der Waals surface area (Å²) in [6.07, 6.45) is 5.78. The normalized spacial score (nSPS) is 19.5. The maximum atomic E-state index is 12.6. The van der Waals surface area contributed by atoms with E-state index in [-0.39, 0.29) is 17.7 Å². The van der Waals surface area contributed by atoms with Gasteiger partial charge in [-0.15, -0.1) is 0 Å². The van der Waals surface area contributed by atoms with E-state index in [1.807, 2.05) is 34.9 Å². The molecule has 4 rings (SSSR count). The summed E-state index contributed by atoms with van der Waals surface area (Å²) in [6.45, 7) is 7.27. The van der Waals surface area contributed by atoms with E-state index in [0.717, 1.165) is 63.2 Å². The summed E-state index contributed by atoms with van der Waals surface area (Å²) < 4.78 is 0. The molecule has 168 valence electrons. The topological polar surface area (TPSA) is 73.0 Å². The summed E-state index contributed by atoms with van der Waals surface area (Å²) in [4.78, 5) is 43.3. The molecule has 0 atom stereocenters. The Morgan fingerprint density at radius 3 is 2.48 bits per heavy atom. The second kappa shape index (κ2) is 9.81. The third-order valence-corrected chi connectivity index (χ3v) is 6.94. The molecular weight excluding hydrogens is 392 g/mol. The lowest BCUT2D eigenvalue weighted by Gasteiger charge is -2.36. The minimum Gasteiger partial charge on any atom is -0.351 e. The average Bonchev–Trinajstić information content (AvgIpc) is 3.48. The first-order valence-electron chi connectivity index (χ1n) is 11.8. The zero-order valence-electron chi connectivity index (χ0n) is 18.6. The summed E-state index contributed by atoms with van der Waals surface area (Å²) in [5, 5.41) is 3.02. The van der Waals surface area contributed by atoms with Crippen molar-refractivity contribution >= 4 is 23.4 Å². The van der Waals surface area contributed by atoms with Crippen molar-refractivity contribution in [3.63, 3.8) is 0 Å². The van der Waals surface area contributed by atoms with Gasteiger partial charge in [-0.3, -0.25) is 19.3 Å². The Morgan fingerprint density at radius 1 is 1.03 bits per heavy atom. The number of hydrogen-bond acceptors (Lipinski definition) is 4. The lowest BCUT2D eigenvalue weighted by molar-refractivity contribution is -0.137. The van der Waals surface area contributed by atoms with E-state index < -0.39 is 0 Å². The molecule has 0 radical (unpaired) electrons. The Balaban J connectivity index is 1.21. The van der Waals surface area contributed by atoms with E-state index in [2.05, 4.69) is 10.2 Å². The van der Waals surface area contributed by atoms with Crippen LogP contribution >= 0.6 is 0 Å². The quantitative estimate of drug-likeness (QED) is 0.756. The predicted octanol–water partition coefficient (Wildman–Crippen LogP) is 2.05. The Hall–Kier alpha value is -2.41. The van der Waals surface area contributed by atoms with Crippen LogP contribution < -0.4 is 10.2 Å². The molecule has 1 saturated heterocycles. The number of carbonyl (C=O) groups excluding carboxylic acids is 3. The van der Waals surface area contributed by atoms with Crippen LogP contribution in [0.3, 0.4) is 0 Å². The van der Waals surface area contributed by atoms with E-state index in [1.165, 1.54) is 12.8 Å². The fourth-order valence-electron chi connectivity index (χ4n) is 5.05. The van der Waals surface area contributed by atoms with Crippen molar-refractivity contribution in [3.8, 4) is 0 Å². The van der Waals surface area contributed by atoms with E-state index in [0.29, 0.717) is 31.0 Å². The fraction of sp³-hybridized carbons (Fsp3) is 0.625. The third kappa shape index (κ3) is 4.92. The van der Waals surface area contributed by atoms with Crippen LogP contribution in [0.5, 0.6) is 0 Å². The van der Waals surface area contributed by atoms with Gasteiger partial charge in [0.2, 0.25) is 11.8 Å². The second-order valence-corrected chi connectivity index (χ2v) is 8.90. The van der Waals surface area contributed by atoms with Gasteiger partial charge in [0.25, 0.3) is 5.91 Å². The van der Waals surface area contributed by atoms with Crippen molar-refractivity contribution in [1.82, 2.24) is 15.1 Å². The molecule has 1 aromatic carbocycles. The number of nitrogens with one attached hydrogen (secondary N) is 1. The number of piperazine rings is 1. The maximum Gasteiger partial charge on any atom is 0.251 e. The van der Waals surface area contributed by atoms with Gasteiger partial charge in [0.1, 0.15) is 0 Å². The highest BCUT2D eigenvalue weighted by molar-refractivity contribution is 5.98. The van der Waals surface area contributed by atoms with Crippen molar-refractivity contribution < 1.29 is 14.4 Å². The van der Waals surface area contributed by atoms with Crippen LogP contribution in [0.25, 0.3) is 0 Å². The number of hydrogen-bond donors (Lipinski definition) is 1. The van der Waals surface area contributed by atoms with Crippen molar-refractivity contribution in [2.24, 2.45) is 5.92 Å². The van der Waals surface area contributed by atoms with Gasteiger partial charge < -0.3 is 15.1 Å². The highest BCUT2D eigenvalue weighted by Gasteiger charge is 2.29. The molecule has 1 saturated carbocycles. The smallest absolute Gasteiger partial charge is 0.251 e. The highest BCUT2D eigenvalue weighted by atomic mass is 16.2. The summed E-state index contributed by atoms with van der Waals surface area (Å²) in [7, 11) is 0.